The summed E-state index contributed by atoms with van der Waals surface area (Å²) in [5, 5.41) is 0.717. The zero-order valence-corrected chi connectivity index (χ0v) is 27.9. The molecule has 4 aliphatic rings. The third kappa shape index (κ3) is 6.65. The molecule has 0 aromatic heterocycles. The molecule has 1 spiro atoms. The summed E-state index contributed by atoms with van der Waals surface area (Å²) in [5.74, 6) is -0.0745. The Morgan fingerprint density at radius 3 is 2.80 bits per heavy atom. The van der Waals surface area contributed by atoms with E-state index in [1.165, 1.54) is 22.5 Å². The molecule has 4 atom stereocenters. The summed E-state index contributed by atoms with van der Waals surface area (Å²) in [6.07, 6.45) is 8.76. The molecular formula is C34H42ClN3O7S. The van der Waals surface area contributed by atoms with Gasteiger partial charge in [-0.25, -0.2) is 9.52 Å². The van der Waals surface area contributed by atoms with Crippen LogP contribution in [0.15, 0.2) is 48.6 Å². The Balaban J connectivity index is 1.41. The van der Waals surface area contributed by atoms with Crippen molar-refractivity contribution in [3.05, 3.63) is 70.3 Å². The van der Waals surface area contributed by atoms with Gasteiger partial charge < -0.3 is 19.1 Å². The van der Waals surface area contributed by atoms with Crippen molar-refractivity contribution in [3.63, 3.8) is 0 Å². The maximum Gasteiger partial charge on any atom is 0.331 e. The molecule has 2 aromatic carbocycles. The second-order valence-electron chi connectivity index (χ2n) is 12.8. The lowest BCUT2D eigenvalue weighted by Crippen LogP contribution is -2.50. The number of amides is 1. The Morgan fingerprint density at radius 2 is 2.04 bits per heavy atom. The number of fused-ring (bicyclic) bond motifs is 4. The number of carbonyl (C=O) groups is 2. The third-order valence-corrected chi connectivity index (χ3v) is 11.9. The van der Waals surface area contributed by atoms with Gasteiger partial charge in [-0.1, -0.05) is 36.7 Å². The van der Waals surface area contributed by atoms with Gasteiger partial charge in [0.15, 0.2) is 0 Å². The van der Waals surface area contributed by atoms with Gasteiger partial charge >= 0.3 is 16.2 Å². The van der Waals surface area contributed by atoms with Crippen LogP contribution in [0.4, 0.5) is 5.69 Å². The molecule has 2 aromatic rings. The van der Waals surface area contributed by atoms with E-state index in [0.29, 0.717) is 36.9 Å². The van der Waals surface area contributed by atoms with Gasteiger partial charge in [0.1, 0.15) is 12.4 Å². The van der Waals surface area contributed by atoms with Crippen LogP contribution in [-0.4, -0.2) is 77.2 Å². The molecule has 46 heavy (non-hydrogen) atoms. The first-order chi connectivity index (χ1) is 22.1. The number of aryl methyl sites for hydroxylation is 1. The van der Waals surface area contributed by atoms with Crippen LogP contribution in [0, 0.1) is 11.8 Å². The van der Waals surface area contributed by atoms with E-state index in [2.05, 4.69) is 21.8 Å². The summed E-state index contributed by atoms with van der Waals surface area (Å²) < 4.78 is 47.6. The Hall–Kier alpha value is -3.12. The molecule has 6 rings (SSSR count). The molecule has 1 saturated carbocycles. The van der Waals surface area contributed by atoms with E-state index in [1.807, 2.05) is 18.2 Å². The first kappa shape index (κ1) is 32.8. The standard InChI is InChI=1S/C34H42ClN3O7S/c1-3-38-16-5-4-8-30(44-20-32(39)43-2)27-12-9-25(27)19-37-21-34(15-6-7-23-17-26(35)11-13-28(23)34)22-45-31-14-10-24(18-29(31)37)33(40)36-46(38,41)42/h4,8,10-11,13-14,17-18,25,27,30H,3,5-7,9,12,15-16,19-22H2,1-2H3,(H,36,40)/b8-4-/t25-,27+,30-,34-/m0/s1. The minimum atomic E-state index is -4.09. The fourth-order valence-corrected chi connectivity index (χ4v) is 8.84. The average Bonchev–Trinajstić information content (AvgIpc) is 3.17. The number of esters is 1. The molecule has 0 radical (unpaired) electrons. The fraction of sp³-hybridized carbons (Fsp3) is 0.529. The highest BCUT2D eigenvalue weighted by atomic mass is 35.5. The second-order valence-corrected chi connectivity index (χ2v) is 14.9. The predicted octanol–water partition coefficient (Wildman–Crippen LogP) is 4.65. The van der Waals surface area contributed by atoms with Gasteiger partial charge in [-0.3, -0.25) is 4.79 Å². The van der Waals surface area contributed by atoms with E-state index in [9.17, 15) is 18.0 Å². The van der Waals surface area contributed by atoms with E-state index in [0.717, 1.165) is 37.8 Å². The Labute approximate surface area is 276 Å². The van der Waals surface area contributed by atoms with Crippen LogP contribution < -0.4 is 14.4 Å². The number of hydrogen-bond donors (Lipinski definition) is 1. The minimum Gasteiger partial charge on any atom is -0.490 e. The Morgan fingerprint density at radius 1 is 1.20 bits per heavy atom. The number of nitrogens with one attached hydrogen (secondary N) is 1. The molecule has 248 valence electrons. The highest BCUT2D eigenvalue weighted by Crippen LogP contribution is 2.47. The smallest absolute Gasteiger partial charge is 0.331 e. The summed E-state index contributed by atoms with van der Waals surface area (Å²) in [6.45, 7) is 3.77. The topological polar surface area (TPSA) is 114 Å². The van der Waals surface area contributed by atoms with Crippen molar-refractivity contribution in [2.75, 3.05) is 51.4 Å². The van der Waals surface area contributed by atoms with Gasteiger partial charge in [0.25, 0.3) is 5.91 Å². The molecule has 0 unspecified atom stereocenters. The third-order valence-electron chi connectivity index (χ3n) is 10.1. The van der Waals surface area contributed by atoms with Crippen molar-refractivity contribution in [3.8, 4) is 5.75 Å². The van der Waals surface area contributed by atoms with Crippen molar-refractivity contribution < 1.29 is 32.2 Å². The maximum absolute atomic E-state index is 13.4. The molecule has 1 N–H and O–H groups in total. The van der Waals surface area contributed by atoms with Crippen LogP contribution in [0.25, 0.3) is 0 Å². The van der Waals surface area contributed by atoms with Crippen molar-refractivity contribution in [2.24, 2.45) is 11.8 Å². The summed E-state index contributed by atoms with van der Waals surface area (Å²) in [7, 11) is -2.76. The highest BCUT2D eigenvalue weighted by molar-refractivity contribution is 7.87. The number of benzene rings is 2. The predicted molar refractivity (Wildman–Crippen MR) is 176 cm³/mol. The average molecular weight is 672 g/mol. The van der Waals surface area contributed by atoms with E-state index < -0.39 is 22.1 Å². The zero-order valence-electron chi connectivity index (χ0n) is 26.4. The van der Waals surface area contributed by atoms with Crippen molar-refractivity contribution >= 4 is 39.4 Å². The van der Waals surface area contributed by atoms with Gasteiger partial charge in [-0.15, -0.1) is 0 Å². The largest absolute Gasteiger partial charge is 0.490 e. The van der Waals surface area contributed by atoms with Gasteiger partial charge in [0.2, 0.25) is 0 Å². The minimum absolute atomic E-state index is 0.146. The van der Waals surface area contributed by atoms with Crippen molar-refractivity contribution in [1.29, 1.82) is 0 Å². The van der Waals surface area contributed by atoms with Crippen molar-refractivity contribution in [1.82, 2.24) is 9.03 Å². The zero-order chi connectivity index (χ0) is 32.5. The fourth-order valence-electron chi connectivity index (χ4n) is 7.48. The molecule has 2 heterocycles. The summed E-state index contributed by atoms with van der Waals surface area (Å²) in [4.78, 5) is 27.8. The Kier molecular flexibility index (Phi) is 9.66. The molecular weight excluding hydrogens is 630 g/mol. The normalized spacial score (nSPS) is 28.5. The SMILES string of the molecule is CCN1CC/C=C\[C@H](OCC(=O)OC)[C@@H]2CC[C@H]2CN2C[C@@]3(CCCc4cc(Cl)ccc43)COc3ccc(cc32)C(=O)NS1(=O)=O. The highest BCUT2D eigenvalue weighted by Gasteiger charge is 2.44. The van der Waals surface area contributed by atoms with Gasteiger partial charge in [0, 0.05) is 42.2 Å². The van der Waals surface area contributed by atoms with E-state index >= 15 is 0 Å². The van der Waals surface area contributed by atoms with Gasteiger partial charge in [0.05, 0.1) is 25.5 Å². The molecule has 12 heteroatoms. The van der Waals surface area contributed by atoms with E-state index in [4.69, 9.17) is 25.8 Å². The summed E-state index contributed by atoms with van der Waals surface area (Å²) >= 11 is 6.41. The molecule has 10 nitrogen and oxygen atoms in total. The molecule has 1 fully saturated rings. The van der Waals surface area contributed by atoms with Crippen LogP contribution in [-0.2, 0) is 36.3 Å². The quantitative estimate of drug-likeness (QED) is 0.369. The summed E-state index contributed by atoms with van der Waals surface area (Å²) in [5.41, 5.74) is 3.17. The molecule has 2 bridgehead atoms. The second kappa shape index (κ2) is 13.5. The van der Waals surface area contributed by atoms with Crippen LogP contribution in [0.5, 0.6) is 5.75 Å². The number of ether oxygens (including phenoxy) is 3. The van der Waals surface area contributed by atoms with Crippen LogP contribution in [0.1, 0.15) is 60.5 Å². The molecule has 1 amide bonds. The number of nitrogens with zero attached hydrogens (tertiary/aromatic N) is 2. The Bertz CT molecular complexity index is 1620. The van der Waals surface area contributed by atoms with E-state index in [1.54, 1.807) is 25.1 Å². The maximum atomic E-state index is 13.4. The molecule has 2 aliphatic heterocycles. The number of halogens is 1. The van der Waals surface area contributed by atoms with Crippen molar-refractivity contribution in [2.45, 2.75) is 57.0 Å². The molecule has 2 aliphatic carbocycles. The van der Waals surface area contributed by atoms with Gasteiger partial charge in [-0.05, 0) is 91.8 Å². The lowest BCUT2D eigenvalue weighted by Gasteiger charge is -2.46. The van der Waals surface area contributed by atoms with Crippen LogP contribution in [0.2, 0.25) is 5.02 Å². The number of methoxy groups -OCH3 is 1. The van der Waals surface area contributed by atoms with Crippen LogP contribution >= 0.6 is 11.6 Å². The number of rotatable bonds is 4. The first-order valence-corrected chi connectivity index (χ1v) is 17.9. The summed E-state index contributed by atoms with van der Waals surface area (Å²) in [6, 6.07) is 11.3. The van der Waals surface area contributed by atoms with Crippen LogP contribution in [0.3, 0.4) is 0 Å². The first-order valence-electron chi connectivity index (χ1n) is 16.1. The van der Waals surface area contributed by atoms with E-state index in [-0.39, 0.29) is 48.6 Å². The monoisotopic (exact) mass is 671 g/mol. The lowest BCUT2D eigenvalue weighted by molar-refractivity contribution is -0.149. The number of carbonyl (C=O) groups excluding carboxylic acids is 2. The van der Waals surface area contributed by atoms with Gasteiger partial charge in [-0.2, -0.15) is 12.7 Å². The number of hydrogen-bond acceptors (Lipinski definition) is 8. The lowest BCUT2D eigenvalue weighted by atomic mass is 9.68. The molecule has 0 saturated heterocycles. The number of anilines is 1.